The van der Waals surface area contributed by atoms with Crippen molar-refractivity contribution in [3.63, 3.8) is 0 Å². The van der Waals surface area contributed by atoms with Crippen LogP contribution in [0.3, 0.4) is 0 Å². The van der Waals surface area contributed by atoms with Crippen LogP contribution in [0, 0.1) is 5.92 Å². The molecule has 0 bridgehead atoms. The minimum Gasteiger partial charge on any atom is -0.355 e. The highest BCUT2D eigenvalue weighted by Crippen LogP contribution is 2.12. The number of halogens is 1. The van der Waals surface area contributed by atoms with Gasteiger partial charge in [0.15, 0.2) is 5.78 Å². The van der Waals surface area contributed by atoms with E-state index in [1.54, 1.807) is 24.3 Å². The van der Waals surface area contributed by atoms with Gasteiger partial charge in [-0.3, -0.25) is 9.59 Å². The van der Waals surface area contributed by atoms with Gasteiger partial charge in [-0.25, -0.2) is 0 Å². The van der Waals surface area contributed by atoms with Crippen molar-refractivity contribution in [3.8, 4) is 0 Å². The lowest BCUT2D eigenvalue weighted by Crippen LogP contribution is -2.38. The first-order valence-corrected chi connectivity index (χ1v) is 9.02. The average molecular weight is 341 g/mol. The second-order valence-electron chi connectivity index (χ2n) is 5.44. The summed E-state index contributed by atoms with van der Waals surface area (Å²) >= 11 is 7.13. The minimum absolute atomic E-state index is 0.000482. The number of amides is 1. The second kappa shape index (κ2) is 9.18. The fourth-order valence-corrected chi connectivity index (χ4v) is 3.23. The van der Waals surface area contributed by atoms with E-state index in [2.05, 4.69) is 10.6 Å². The van der Waals surface area contributed by atoms with Crippen LogP contribution < -0.4 is 10.6 Å². The SMILES string of the molecule is O=C(CSCC(=O)c1ccc(Cl)cc1)NCC1CCCNC1. The molecule has 0 spiro atoms. The van der Waals surface area contributed by atoms with Gasteiger partial charge in [-0.15, -0.1) is 11.8 Å². The maximum absolute atomic E-state index is 11.9. The summed E-state index contributed by atoms with van der Waals surface area (Å²) in [6, 6.07) is 6.82. The van der Waals surface area contributed by atoms with E-state index in [9.17, 15) is 9.59 Å². The lowest BCUT2D eigenvalue weighted by atomic mass is 10.00. The van der Waals surface area contributed by atoms with Crippen LogP contribution in [-0.4, -0.2) is 42.8 Å². The molecule has 1 amide bonds. The summed E-state index contributed by atoms with van der Waals surface area (Å²) < 4.78 is 0. The largest absolute Gasteiger partial charge is 0.355 e. The molecule has 1 atom stereocenters. The third-order valence-electron chi connectivity index (χ3n) is 3.62. The maximum Gasteiger partial charge on any atom is 0.230 e. The van der Waals surface area contributed by atoms with Crippen LogP contribution in [0.1, 0.15) is 23.2 Å². The van der Waals surface area contributed by atoms with Crippen LogP contribution in [0.15, 0.2) is 24.3 Å². The number of piperidine rings is 1. The quantitative estimate of drug-likeness (QED) is 0.748. The van der Waals surface area contributed by atoms with Crippen LogP contribution in [0.5, 0.6) is 0 Å². The molecule has 0 aromatic heterocycles. The molecular weight excluding hydrogens is 320 g/mol. The Kier molecular flexibility index (Phi) is 7.22. The average Bonchev–Trinajstić information content (AvgIpc) is 2.54. The molecule has 1 saturated heterocycles. The van der Waals surface area contributed by atoms with E-state index in [-0.39, 0.29) is 11.7 Å². The summed E-state index contributed by atoms with van der Waals surface area (Å²) in [6.07, 6.45) is 2.33. The standard InChI is InChI=1S/C16H21ClN2O2S/c17-14-5-3-13(4-6-14)15(20)10-22-11-16(21)19-9-12-2-1-7-18-8-12/h3-6,12,18H,1-2,7-11H2,(H,19,21). The number of hydrogen-bond acceptors (Lipinski definition) is 4. The van der Waals surface area contributed by atoms with Gasteiger partial charge >= 0.3 is 0 Å². The van der Waals surface area contributed by atoms with Crippen LogP contribution >= 0.6 is 23.4 Å². The molecule has 0 saturated carbocycles. The van der Waals surface area contributed by atoms with Gasteiger partial charge in [-0.05, 0) is 56.1 Å². The highest BCUT2D eigenvalue weighted by atomic mass is 35.5. The van der Waals surface area contributed by atoms with Gasteiger partial charge in [0.05, 0.1) is 11.5 Å². The summed E-state index contributed by atoms with van der Waals surface area (Å²) in [6.45, 7) is 2.77. The molecule has 1 aromatic rings. The monoisotopic (exact) mass is 340 g/mol. The number of Topliss-reactive ketones (excluding diaryl/α,β-unsaturated/α-hetero) is 1. The van der Waals surface area contributed by atoms with Gasteiger partial charge in [0.2, 0.25) is 5.91 Å². The number of thioether (sulfide) groups is 1. The van der Waals surface area contributed by atoms with Crippen LogP contribution in [0.4, 0.5) is 0 Å². The molecule has 1 fully saturated rings. The minimum atomic E-state index is -0.000482. The van der Waals surface area contributed by atoms with E-state index < -0.39 is 0 Å². The molecule has 1 unspecified atom stereocenters. The first kappa shape index (κ1) is 17.3. The van der Waals surface area contributed by atoms with Gasteiger partial charge in [0.1, 0.15) is 0 Å². The number of hydrogen-bond donors (Lipinski definition) is 2. The topological polar surface area (TPSA) is 58.2 Å². The Hall–Kier alpha value is -1.04. The molecule has 22 heavy (non-hydrogen) atoms. The lowest BCUT2D eigenvalue weighted by molar-refractivity contribution is -0.118. The zero-order chi connectivity index (χ0) is 15.8. The van der Waals surface area contributed by atoms with E-state index in [0.29, 0.717) is 28.0 Å². The molecule has 2 rings (SSSR count). The summed E-state index contributed by atoms with van der Waals surface area (Å²) in [5, 5.41) is 6.88. The van der Waals surface area contributed by atoms with E-state index >= 15 is 0 Å². The Balaban J connectivity index is 1.61. The van der Waals surface area contributed by atoms with Crippen molar-refractivity contribution < 1.29 is 9.59 Å². The van der Waals surface area contributed by atoms with Crippen molar-refractivity contribution in [3.05, 3.63) is 34.9 Å². The predicted octanol–water partition coefficient (Wildman–Crippen LogP) is 2.37. The van der Waals surface area contributed by atoms with Gasteiger partial charge in [0.25, 0.3) is 0 Å². The number of nitrogens with one attached hydrogen (secondary N) is 2. The van der Waals surface area contributed by atoms with Crippen LogP contribution in [0.25, 0.3) is 0 Å². The van der Waals surface area contributed by atoms with E-state index in [1.165, 1.54) is 18.2 Å². The number of rotatable bonds is 7. The van der Waals surface area contributed by atoms with Gasteiger partial charge in [-0.2, -0.15) is 0 Å². The summed E-state index contributed by atoms with van der Waals surface area (Å²) in [5.41, 5.74) is 0.630. The predicted molar refractivity (Wildman–Crippen MR) is 91.7 cm³/mol. The Labute approximate surface area is 140 Å². The first-order chi connectivity index (χ1) is 10.6. The van der Waals surface area contributed by atoms with Gasteiger partial charge in [-0.1, -0.05) is 11.6 Å². The number of benzene rings is 1. The maximum atomic E-state index is 11.9. The smallest absolute Gasteiger partial charge is 0.230 e. The molecule has 0 aliphatic carbocycles. The summed E-state index contributed by atoms with van der Waals surface area (Å²) in [4.78, 5) is 23.7. The molecule has 1 aliphatic heterocycles. The van der Waals surface area contributed by atoms with Crippen molar-refractivity contribution in [1.29, 1.82) is 0 Å². The zero-order valence-electron chi connectivity index (χ0n) is 12.4. The zero-order valence-corrected chi connectivity index (χ0v) is 14.0. The number of ketones is 1. The van der Waals surface area contributed by atoms with Crippen molar-refractivity contribution in [2.75, 3.05) is 31.1 Å². The Morgan fingerprint density at radius 2 is 2.05 bits per heavy atom. The Bertz CT molecular complexity index is 501. The third-order valence-corrected chi connectivity index (χ3v) is 4.80. The van der Waals surface area contributed by atoms with Crippen molar-refractivity contribution in [2.45, 2.75) is 12.8 Å². The van der Waals surface area contributed by atoms with Crippen molar-refractivity contribution in [2.24, 2.45) is 5.92 Å². The molecule has 0 radical (unpaired) electrons. The molecule has 1 heterocycles. The second-order valence-corrected chi connectivity index (χ2v) is 6.86. The Morgan fingerprint density at radius 3 is 2.73 bits per heavy atom. The highest BCUT2D eigenvalue weighted by Gasteiger charge is 2.14. The molecule has 1 aliphatic rings. The first-order valence-electron chi connectivity index (χ1n) is 7.49. The van der Waals surface area contributed by atoms with Gasteiger partial charge < -0.3 is 10.6 Å². The lowest BCUT2D eigenvalue weighted by Gasteiger charge is -2.22. The molecule has 4 nitrogen and oxygen atoms in total. The summed E-state index contributed by atoms with van der Waals surface area (Å²) in [7, 11) is 0. The van der Waals surface area contributed by atoms with E-state index in [4.69, 9.17) is 11.6 Å². The number of carbonyl (C=O) groups is 2. The normalized spacial score (nSPS) is 18.0. The van der Waals surface area contributed by atoms with E-state index in [0.717, 1.165) is 26.1 Å². The molecule has 120 valence electrons. The molecule has 1 aromatic carbocycles. The van der Waals surface area contributed by atoms with Crippen molar-refractivity contribution in [1.82, 2.24) is 10.6 Å². The summed E-state index contributed by atoms with van der Waals surface area (Å²) in [5.74, 6) is 1.17. The Morgan fingerprint density at radius 1 is 1.27 bits per heavy atom. The molecular formula is C16H21ClN2O2S. The van der Waals surface area contributed by atoms with E-state index in [1.807, 2.05) is 0 Å². The fourth-order valence-electron chi connectivity index (χ4n) is 2.36. The van der Waals surface area contributed by atoms with Gasteiger partial charge in [0, 0.05) is 17.1 Å². The molecule has 2 N–H and O–H groups in total. The highest BCUT2D eigenvalue weighted by molar-refractivity contribution is 8.00. The van der Waals surface area contributed by atoms with Crippen LogP contribution in [0.2, 0.25) is 5.02 Å². The molecule has 6 heteroatoms. The third kappa shape index (κ3) is 5.99. The fraction of sp³-hybridized carbons (Fsp3) is 0.500. The number of carbonyl (C=O) groups excluding carboxylic acids is 2. The van der Waals surface area contributed by atoms with Crippen molar-refractivity contribution >= 4 is 35.1 Å². The van der Waals surface area contributed by atoms with Crippen LogP contribution in [-0.2, 0) is 4.79 Å².